The van der Waals surface area contributed by atoms with Gasteiger partial charge in [-0.25, -0.2) is 4.79 Å². The number of carbonyl (C=O) groups excluding carboxylic acids is 2. The summed E-state index contributed by atoms with van der Waals surface area (Å²) >= 11 is 0. The Morgan fingerprint density at radius 3 is 2.79 bits per heavy atom. The third-order valence-corrected chi connectivity index (χ3v) is 3.57. The van der Waals surface area contributed by atoms with Crippen molar-refractivity contribution < 1.29 is 14.3 Å². The molecule has 0 aromatic rings. The molecule has 0 N–H and O–H groups in total. The van der Waals surface area contributed by atoms with E-state index in [-0.39, 0.29) is 5.91 Å². The monoisotopic (exact) mass is 267 g/mol. The van der Waals surface area contributed by atoms with Crippen LogP contribution in [0.3, 0.4) is 0 Å². The van der Waals surface area contributed by atoms with Crippen molar-refractivity contribution in [3.63, 3.8) is 0 Å². The smallest absolute Gasteiger partial charge is 0.335 e. The Hall–Kier alpha value is -1.32. The summed E-state index contributed by atoms with van der Waals surface area (Å²) in [4.78, 5) is 25.3. The molecule has 0 bridgehead atoms. The Morgan fingerprint density at radius 1 is 1.42 bits per heavy atom. The van der Waals surface area contributed by atoms with Crippen molar-refractivity contribution in [2.75, 3.05) is 19.7 Å². The van der Waals surface area contributed by atoms with Crippen molar-refractivity contribution in [1.29, 1.82) is 0 Å². The minimum Gasteiger partial charge on any atom is -0.463 e. The Bertz CT molecular complexity index is 338. The van der Waals surface area contributed by atoms with E-state index in [0.717, 1.165) is 25.8 Å². The van der Waals surface area contributed by atoms with Crippen LogP contribution in [-0.4, -0.2) is 36.5 Å². The number of esters is 1. The van der Waals surface area contributed by atoms with Gasteiger partial charge in [0, 0.05) is 18.5 Å². The molecule has 1 aliphatic rings. The Kier molecular flexibility index (Phi) is 6.60. The van der Waals surface area contributed by atoms with Crippen LogP contribution in [0.25, 0.3) is 0 Å². The zero-order valence-electron chi connectivity index (χ0n) is 12.1. The second-order valence-corrected chi connectivity index (χ2v) is 5.12. The van der Waals surface area contributed by atoms with Crippen molar-refractivity contribution in [3.05, 3.63) is 12.2 Å². The Labute approximate surface area is 115 Å². The summed E-state index contributed by atoms with van der Waals surface area (Å²) in [6.07, 6.45) is 4.92. The second-order valence-electron chi connectivity index (χ2n) is 5.12. The summed E-state index contributed by atoms with van der Waals surface area (Å²) in [6.45, 7) is 9.02. The summed E-state index contributed by atoms with van der Waals surface area (Å²) in [5, 5.41) is 0. The summed E-state index contributed by atoms with van der Waals surface area (Å²) in [5.41, 5.74) is 0.365. The predicted octanol–water partition coefficient (Wildman–Crippen LogP) is 2.53. The van der Waals surface area contributed by atoms with Gasteiger partial charge in [-0.1, -0.05) is 26.3 Å². The molecule has 0 saturated carbocycles. The number of hydrogen-bond acceptors (Lipinski definition) is 3. The average Bonchev–Trinajstić information content (AvgIpc) is 2.55. The minimum atomic E-state index is -0.398. The predicted molar refractivity (Wildman–Crippen MR) is 74.6 cm³/mol. The van der Waals surface area contributed by atoms with E-state index < -0.39 is 5.97 Å². The highest BCUT2D eigenvalue weighted by Crippen LogP contribution is 2.23. The highest BCUT2D eigenvalue weighted by Gasteiger charge is 2.23. The first-order valence-electron chi connectivity index (χ1n) is 7.21. The normalized spacial score (nSPS) is 20.0. The summed E-state index contributed by atoms with van der Waals surface area (Å²) < 4.78 is 4.89. The zero-order chi connectivity index (χ0) is 14.3. The lowest BCUT2D eigenvalue weighted by atomic mass is 9.96. The van der Waals surface area contributed by atoms with E-state index in [1.165, 1.54) is 6.42 Å². The molecule has 1 amide bonds. The lowest BCUT2D eigenvalue weighted by Gasteiger charge is -2.21. The summed E-state index contributed by atoms with van der Waals surface area (Å²) in [7, 11) is 0. The van der Waals surface area contributed by atoms with Gasteiger partial charge in [-0.2, -0.15) is 0 Å². The topological polar surface area (TPSA) is 46.6 Å². The lowest BCUT2D eigenvalue weighted by molar-refractivity contribution is -0.139. The van der Waals surface area contributed by atoms with Crippen LogP contribution >= 0.6 is 0 Å². The van der Waals surface area contributed by atoms with Crippen LogP contribution in [0.5, 0.6) is 0 Å². The number of ether oxygens (including phenoxy) is 1. The molecule has 0 spiro atoms. The Morgan fingerprint density at radius 2 is 2.16 bits per heavy atom. The molecule has 108 valence electrons. The van der Waals surface area contributed by atoms with E-state index in [0.29, 0.717) is 31.1 Å². The molecular formula is C15H25NO3. The van der Waals surface area contributed by atoms with Gasteiger partial charge in [-0.05, 0) is 25.7 Å². The van der Waals surface area contributed by atoms with Gasteiger partial charge in [0.05, 0.1) is 13.2 Å². The molecule has 4 heteroatoms. The Balaban J connectivity index is 2.51. The molecule has 1 heterocycles. The van der Waals surface area contributed by atoms with Crippen LogP contribution in [0.15, 0.2) is 12.2 Å². The molecule has 1 aliphatic heterocycles. The van der Waals surface area contributed by atoms with Crippen molar-refractivity contribution >= 4 is 11.9 Å². The summed E-state index contributed by atoms with van der Waals surface area (Å²) in [5.74, 6) is 0.364. The molecule has 19 heavy (non-hydrogen) atoms. The van der Waals surface area contributed by atoms with Crippen molar-refractivity contribution in [1.82, 2.24) is 4.90 Å². The standard InChI is InChI=1S/C15H25NO3/c1-4-6-13-7-8-14(17)16(10-9-13)11-12(3)15(18)19-5-2/h13H,3-11H2,1-2H3. The first-order chi connectivity index (χ1) is 9.08. The zero-order valence-corrected chi connectivity index (χ0v) is 12.1. The summed E-state index contributed by atoms with van der Waals surface area (Å²) in [6, 6.07) is 0. The van der Waals surface area contributed by atoms with E-state index in [2.05, 4.69) is 13.5 Å². The van der Waals surface area contributed by atoms with Gasteiger partial charge in [0.1, 0.15) is 0 Å². The van der Waals surface area contributed by atoms with E-state index in [9.17, 15) is 9.59 Å². The van der Waals surface area contributed by atoms with Gasteiger partial charge in [-0.3, -0.25) is 4.79 Å². The first kappa shape index (κ1) is 15.7. The fraction of sp³-hybridized carbons (Fsp3) is 0.733. The maximum Gasteiger partial charge on any atom is 0.335 e. The number of carbonyl (C=O) groups is 2. The van der Waals surface area contributed by atoms with Crippen molar-refractivity contribution in [3.8, 4) is 0 Å². The average molecular weight is 267 g/mol. The highest BCUT2D eigenvalue weighted by atomic mass is 16.5. The molecule has 0 aliphatic carbocycles. The van der Waals surface area contributed by atoms with Gasteiger partial charge in [-0.15, -0.1) is 0 Å². The molecular weight excluding hydrogens is 242 g/mol. The van der Waals surface area contributed by atoms with Crippen LogP contribution in [0, 0.1) is 5.92 Å². The molecule has 1 saturated heterocycles. The minimum absolute atomic E-state index is 0.129. The van der Waals surface area contributed by atoms with Crippen LogP contribution in [-0.2, 0) is 14.3 Å². The van der Waals surface area contributed by atoms with Crippen LogP contribution in [0.4, 0.5) is 0 Å². The van der Waals surface area contributed by atoms with Crippen molar-refractivity contribution in [2.45, 2.75) is 46.0 Å². The van der Waals surface area contributed by atoms with E-state index >= 15 is 0 Å². The lowest BCUT2D eigenvalue weighted by Crippen LogP contribution is -2.33. The van der Waals surface area contributed by atoms with Gasteiger partial charge in [0.2, 0.25) is 5.91 Å². The second kappa shape index (κ2) is 7.97. The van der Waals surface area contributed by atoms with E-state index in [1.807, 2.05) is 0 Å². The van der Waals surface area contributed by atoms with Gasteiger partial charge < -0.3 is 9.64 Å². The number of rotatable bonds is 6. The molecule has 1 atom stereocenters. The highest BCUT2D eigenvalue weighted by molar-refractivity contribution is 5.89. The molecule has 1 rings (SSSR count). The third kappa shape index (κ3) is 5.05. The van der Waals surface area contributed by atoms with Gasteiger partial charge in [0.15, 0.2) is 0 Å². The van der Waals surface area contributed by atoms with Crippen LogP contribution in [0.2, 0.25) is 0 Å². The molecule has 1 unspecified atom stereocenters. The van der Waals surface area contributed by atoms with Crippen LogP contribution < -0.4 is 0 Å². The van der Waals surface area contributed by atoms with E-state index in [1.54, 1.807) is 11.8 Å². The fourth-order valence-corrected chi connectivity index (χ4v) is 2.49. The molecule has 0 aromatic carbocycles. The number of amides is 1. The van der Waals surface area contributed by atoms with Crippen molar-refractivity contribution in [2.24, 2.45) is 5.92 Å². The quantitative estimate of drug-likeness (QED) is 0.549. The molecule has 0 radical (unpaired) electrons. The first-order valence-corrected chi connectivity index (χ1v) is 7.21. The SMILES string of the molecule is C=C(CN1CCC(CCC)CCC1=O)C(=O)OCC. The number of likely N-dealkylation sites (tertiary alicyclic amines) is 1. The molecule has 1 fully saturated rings. The number of nitrogens with zero attached hydrogens (tertiary/aromatic N) is 1. The van der Waals surface area contributed by atoms with E-state index in [4.69, 9.17) is 4.74 Å². The van der Waals surface area contributed by atoms with Crippen LogP contribution in [0.1, 0.15) is 46.0 Å². The maximum atomic E-state index is 12.0. The molecule has 4 nitrogen and oxygen atoms in total. The number of hydrogen-bond donors (Lipinski definition) is 0. The maximum absolute atomic E-state index is 12.0. The van der Waals surface area contributed by atoms with Gasteiger partial charge in [0.25, 0.3) is 0 Å². The largest absolute Gasteiger partial charge is 0.463 e. The fourth-order valence-electron chi connectivity index (χ4n) is 2.49. The molecule has 0 aromatic heterocycles. The van der Waals surface area contributed by atoms with Gasteiger partial charge >= 0.3 is 5.97 Å². The third-order valence-electron chi connectivity index (χ3n) is 3.57.